The third-order valence-electron chi connectivity index (χ3n) is 7.23. The maximum Gasteiger partial charge on any atom is 0.315 e. The molecule has 1 fully saturated rings. The van der Waals surface area contributed by atoms with Crippen LogP contribution in [0.25, 0.3) is 22.4 Å². The van der Waals surface area contributed by atoms with Crippen LogP contribution in [0.2, 0.25) is 0 Å². The van der Waals surface area contributed by atoms with Gasteiger partial charge in [0.15, 0.2) is 5.58 Å². The summed E-state index contributed by atoms with van der Waals surface area (Å²) in [6.45, 7) is 0.975. The molecule has 3 amide bonds. The van der Waals surface area contributed by atoms with E-state index in [9.17, 15) is 9.59 Å². The van der Waals surface area contributed by atoms with Crippen molar-refractivity contribution in [3.05, 3.63) is 83.1 Å². The number of ether oxygens (including phenoxy) is 1. The molecule has 2 aromatic carbocycles. The first-order valence-electron chi connectivity index (χ1n) is 12.1. The number of nitrogens with zero attached hydrogens (tertiary/aromatic N) is 3. The number of methoxy groups -OCH3 is 1. The molecule has 1 saturated heterocycles. The summed E-state index contributed by atoms with van der Waals surface area (Å²) < 4.78 is 11.5. The first-order chi connectivity index (χ1) is 18.0. The Morgan fingerprint density at radius 3 is 2.81 bits per heavy atom. The van der Waals surface area contributed by atoms with E-state index in [1.165, 1.54) is 0 Å². The van der Waals surface area contributed by atoms with Crippen LogP contribution in [0, 0.1) is 0 Å². The molecule has 0 bridgehead atoms. The number of urea groups is 1. The van der Waals surface area contributed by atoms with Gasteiger partial charge in [0, 0.05) is 30.0 Å². The van der Waals surface area contributed by atoms with Crippen LogP contribution in [0.4, 0.5) is 4.79 Å². The Labute approximate surface area is 212 Å². The van der Waals surface area contributed by atoms with E-state index in [4.69, 9.17) is 14.1 Å². The highest BCUT2D eigenvalue weighted by molar-refractivity contribution is 5.99. The van der Waals surface area contributed by atoms with Gasteiger partial charge in [-0.1, -0.05) is 24.3 Å². The van der Waals surface area contributed by atoms with E-state index in [0.717, 1.165) is 22.4 Å². The molecule has 0 aliphatic carbocycles. The highest BCUT2D eigenvalue weighted by Gasteiger charge is 2.46. The monoisotopic (exact) mass is 493 g/mol. The zero-order valence-electron chi connectivity index (χ0n) is 20.0. The fourth-order valence-corrected chi connectivity index (χ4v) is 5.20. The van der Waals surface area contributed by atoms with Crippen LogP contribution in [0.5, 0.6) is 5.75 Å². The van der Waals surface area contributed by atoms with Gasteiger partial charge in [0.25, 0.3) is 5.91 Å². The van der Waals surface area contributed by atoms with E-state index < -0.39 is 5.54 Å². The molecule has 3 aliphatic heterocycles. The lowest BCUT2D eigenvalue weighted by molar-refractivity contribution is 0.0722. The van der Waals surface area contributed by atoms with Gasteiger partial charge in [-0.15, -0.1) is 0 Å². The molecule has 4 aromatic rings. The maximum atomic E-state index is 13.2. The Bertz CT molecular complexity index is 1620. The lowest BCUT2D eigenvalue weighted by Gasteiger charge is -2.30. The summed E-state index contributed by atoms with van der Waals surface area (Å²) in [6.07, 6.45) is 1.92. The molecule has 0 spiro atoms. The van der Waals surface area contributed by atoms with Crippen LogP contribution < -0.4 is 15.4 Å². The molecule has 2 unspecified atom stereocenters. The molecule has 184 valence electrons. The van der Waals surface area contributed by atoms with Gasteiger partial charge in [-0.3, -0.25) is 9.79 Å². The minimum absolute atomic E-state index is 0.106. The second kappa shape index (κ2) is 7.92. The fourth-order valence-electron chi connectivity index (χ4n) is 5.20. The lowest BCUT2D eigenvalue weighted by Crippen LogP contribution is -2.50. The van der Waals surface area contributed by atoms with Crippen molar-refractivity contribution in [2.45, 2.75) is 18.1 Å². The molecule has 0 radical (unpaired) electrons. The molecular weight excluding hydrogens is 470 g/mol. The highest BCUT2D eigenvalue weighted by Crippen LogP contribution is 2.35. The SMILES string of the molecule is COc1ccc2c(c1)C(=O)N(CC1(c3cc4nc(-c5cccc(C6C=N6)c5)ccc4o3)CNC(=O)N1)C2. The Hall–Kier alpha value is -4.66. The van der Waals surface area contributed by atoms with Crippen LogP contribution in [0.1, 0.15) is 33.3 Å². The summed E-state index contributed by atoms with van der Waals surface area (Å²) in [4.78, 5) is 36.4. The average molecular weight is 494 g/mol. The number of amides is 3. The molecule has 37 heavy (non-hydrogen) atoms. The molecule has 7 rings (SSSR count). The lowest BCUT2D eigenvalue weighted by atomic mass is 9.96. The number of aromatic nitrogens is 1. The van der Waals surface area contributed by atoms with Crippen LogP contribution in [-0.2, 0) is 12.1 Å². The zero-order valence-corrected chi connectivity index (χ0v) is 20.0. The second-order valence-corrected chi connectivity index (χ2v) is 9.63. The zero-order chi connectivity index (χ0) is 25.1. The molecule has 9 heteroatoms. The molecule has 9 nitrogen and oxygen atoms in total. The van der Waals surface area contributed by atoms with Crippen molar-refractivity contribution in [2.24, 2.45) is 4.99 Å². The summed E-state index contributed by atoms with van der Waals surface area (Å²) in [5.74, 6) is 1.08. The van der Waals surface area contributed by atoms with Gasteiger partial charge in [-0.05, 0) is 41.5 Å². The minimum atomic E-state index is -0.928. The summed E-state index contributed by atoms with van der Waals surface area (Å²) >= 11 is 0. The van der Waals surface area contributed by atoms with Crippen molar-refractivity contribution in [3.8, 4) is 17.0 Å². The molecule has 0 saturated carbocycles. The second-order valence-electron chi connectivity index (χ2n) is 9.63. The number of benzene rings is 2. The Kier molecular flexibility index (Phi) is 4.63. The number of hydrogen-bond donors (Lipinski definition) is 2. The van der Waals surface area contributed by atoms with E-state index in [-0.39, 0.29) is 31.1 Å². The van der Waals surface area contributed by atoms with Gasteiger partial charge < -0.3 is 24.7 Å². The molecule has 5 heterocycles. The van der Waals surface area contributed by atoms with Gasteiger partial charge in [0.1, 0.15) is 28.6 Å². The van der Waals surface area contributed by atoms with Crippen molar-refractivity contribution < 1.29 is 18.7 Å². The fraction of sp³-hybridized carbons (Fsp3) is 0.214. The smallest absolute Gasteiger partial charge is 0.315 e. The first-order valence-corrected chi connectivity index (χ1v) is 12.1. The number of carbonyl (C=O) groups excluding carboxylic acids is 2. The number of furan rings is 1. The molecule has 2 N–H and O–H groups in total. The van der Waals surface area contributed by atoms with E-state index in [1.807, 2.05) is 48.7 Å². The first kappa shape index (κ1) is 21.6. The van der Waals surface area contributed by atoms with Gasteiger partial charge in [0.2, 0.25) is 0 Å². The van der Waals surface area contributed by atoms with Gasteiger partial charge in [-0.2, -0.15) is 0 Å². The van der Waals surface area contributed by atoms with Gasteiger partial charge in [0.05, 0.1) is 25.9 Å². The van der Waals surface area contributed by atoms with E-state index in [1.54, 1.807) is 18.1 Å². The predicted octanol–water partition coefficient (Wildman–Crippen LogP) is 3.79. The standard InChI is InChI=1S/C28H23N5O4/c1-36-19-6-5-18-13-33(26(34)20(18)10-19)15-28(14-30-27(35)32-28)25-11-22-24(37-25)8-7-21(31-22)16-3-2-4-17(9-16)23-12-29-23/h2-12,23H,13-15H2,1H3,(H2,30,32,35). The highest BCUT2D eigenvalue weighted by atomic mass is 16.5. The summed E-state index contributed by atoms with van der Waals surface area (Å²) in [6, 6.07) is 19.2. The third kappa shape index (κ3) is 3.62. The van der Waals surface area contributed by atoms with Gasteiger partial charge >= 0.3 is 6.03 Å². The predicted molar refractivity (Wildman–Crippen MR) is 137 cm³/mol. The van der Waals surface area contributed by atoms with E-state index in [2.05, 4.69) is 27.8 Å². The van der Waals surface area contributed by atoms with E-state index >= 15 is 0 Å². The normalized spacial score (nSPS) is 21.8. The maximum absolute atomic E-state index is 13.2. The summed E-state index contributed by atoms with van der Waals surface area (Å²) in [5.41, 5.74) is 4.87. The van der Waals surface area contributed by atoms with Crippen LogP contribution in [0.3, 0.4) is 0 Å². The number of hydrogen-bond acceptors (Lipinski definition) is 6. The summed E-state index contributed by atoms with van der Waals surface area (Å²) in [7, 11) is 1.58. The van der Waals surface area contributed by atoms with Crippen molar-refractivity contribution in [1.29, 1.82) is 0 Å². The van der Waals surface area contributed by atoms with Crippen molar-refractivity contribution >= 4 is 29.3 Å². The quantitative estimate of drug-likeness (QED) is 0.425. The van der Waals surface area contributed by atoms with Crippen molar-refractivity contribution in [1.82, 2.24) is 20.5 Å². The third-order valence-corrected chi connectivity index (χ3v) is 7.23. The molecular formula is C28H23N5O4. The number of carbonyl (C=O) groups is 2. The topological polar surface area (TPSA) is 109 Å². The molecule has 2 atom stereocenters. The Morgan fingerprint density at radius 2 is 2.03 bits per heavy atom. The number of fused-ring (bicyclic) bond motifs is 2. The Morgan fingerprint density at radius 1 is 1.14 bits per heavy atom. The largest absolute Gasteiger partial charge is 0.497 e. The number of aliphatic imine (C=N–C) groups is 1. The number of nitrogens with one attached hydrogen (secondary N) is 2. The molecule has 2 aromatic heterocycles. The number of pyridine rings is 1. The van der Waals surface area contributed by atoms with E-state index in [0.29, 0.717) is 34.7 Å². The van der Waals surface area contributed by atoms with Crippen LogP contribution in [0.15, 0.2) is 70.1 Å². The van der Waals surface area contributed by atoms with Crippen LogP contribution in [-0.4, -0.2) is 48.2 Å². The average Bonchev–Trinajstić information content (AvgIpc) is 3.47. The summed E-state index contributed by atoms with van der Waals surface area (Å²) in [5, 5.41) is 5.85. The molecule has 3 aliphatic rings. The Balaban J connectivity index is 1.22. The number of rotatable bonds is 6. The van der Waals surface area contributed by atoms with Crippen molar-refractivity contribution in [3.63, 3.8) is 0 Å². The van der Waals surface area contributed by atoms with Gasteiger partial charge in [-0.25, -0.2) is 9.78 Å². The van der Waals surface area contributed by atoms with Crippen LogP contribution >= 0.6 is 0 Å². The minimum Gasteiger partial charge on any atom is -0.497 e. The van der Waals surface area contributed by atoms with Crippen molar-refractivity contribution in [2.75, 3.05) is 20.2 Å².